The van der Waals surface area contributed by atoms with E-state index in [1.807, 2.05) is 0 Å². The normalized spacial score (nSPS) is 11.3. The summed E-state index contributed by atoms with van der Waals surface area (Å²) in [5.41, 5.74) is 3.19. The van der Waals surface area contributed by atoms with E-state index in [1.54, 1.807) is 17.7 Å². The van der Waals surface area contributed by atoms with Crippen molar-refractivity contribution in [3.05, 3.63) is 59.7 Å². The minimum absolute atomic E-state index is 1.17. The number of rotatable bonds is 6. The summed E-state index contributed by atoms with van der Waals surface area (Å²) in [4.78, 5) is 0. The van der Waals surface area contributed by atoms with Crippen molar-refractivity contribution in [1.82, 2.24) is 0 Å². The molecule has 2 aromatic carbocycles. The van der Waals surface area contributed by atoms with Gasteiger partial charge in [0, 0.05) is 0 Å². The summed E-state index contributed by atoms with van der Waals surface area (Å²) in [5, 5.41) is 0. The van der Waals surface area contributed by atoms with Crippen molar-refractivity contribution in [1.29, 1.82) is 0 Å². The van der Waals surface area contributed by atoms with E-state index in [0.29, 0.717) is 0 Å². The Hall–Kier alpha value is 0.556. The van der Waals surface area contributed by atoms with Gasteiger partial charge in [0.05, 0.1) is 0 Å². The third-order valence-corrected chi connectivity index (χ3v) is 15.4. The molecule has 0 aliphatic rings. The van der Waals surface area contributed by atoms with E-state index in [1.165, 1.54) is 11.5 Å². The predicted octanol–water partition coefficient (Wildman–Crippen LogP) is 4.04. The fourth-order valence-electron chi connectivity index (χ4n) is 2.41. The first kappa shape index (κ1) is 17.9. The molecular weight excluding hydrogens is 666 g/mol. The predicted molar refractivity (Wildman–Crippen MR) is 102 cm³/mol. The number of thioether (sulfide) groups is 1. The van der Waals surface area contributed by atoms with Crippen LogP contribution in [0.25, 0.3) is 0 Å². The second kappa shape index (κ2) is 9.00. The molecule has 0 bridgehead atoms. The van der Waals surface area contributed by atoms with Crippen LogP contribution in [-0.4, -0.2) is 43.5 Å². The Labute approximate surface area is 150 Å². The quantitative estimate of drug-likeness (QED) is 0.413. The molecule has 0 atom stereocenters. The van der Waals surface area contributed by atoms with Crippen LogP contribution in [0.15, 0.2) is 48.5 Å². The Morgan fingerprint density at radius 2 is 1.05 bits per heavy atom. The van der Waals surface area contributed by atoms with Crippen LogP contribution in [0.4, 0.5) is 0 Å². The Bertz CT molecular complexity index is 527. The monoisotopic (exact) mass is 690 g/mol. The van der Waals surface area contributed by atoms with Crippen LogP contribution in [-0.2, 0) is 11.5 Å². The molecule has 0 nitrogen and oxygen atoms in total. The first-order chi connectivity index (χ1) is 10.1. The molecule has 2 aromatic rings. The molecule has 0 aliphatic heterocycles. The first-order valence-corrected chi connectivity index (χ1v) is 25.7. The van der Waals surface area contributed by atoms with E-state index >= 15 is 0 Å². The van der Waals surface area contributed by atoms with Crippen molar-refractivity contribution in [2.24, 2.45) is 0 Å². The maximum atomic E-state index is 2.49. The van der Waals surface area contributed by atoms with Gasteiger partial charge in [-0.3, -0.25) is 0 Å². The molecule has 21 heavy (non-hydrogen) atoms. The Morgan fingerprint density at radius 1 is 0.667 bits per heavy atom. The molecule has 3 heteroatoms. The van der Waals surface area contributed by atoms with Gasteiger partial charge in [0.2, 0.25) is 0 Å². The molecule has 0 fully saturated rings. The molecule has 0 spiro atoms. The fourth-order valence-corrected chi connectivity index (χ4v) is 13.0. The minimum atomic E-state index is -1.33. The molecule has 0 heterocycles. The summed E-state index contributed by atoms with van der Waals surface area (Å²) in [6.45, 7) is 0. The van der Waals surface area contributed by atoms with Gasteiger partial charge in [0.25, 0.3) is 0 Å². The summed E-state index contributed by atoms with van der Waals surface area (Å²) in [5.74, 6) is 2.34. The molecule has 0 radical (unpaired) electrons. The van der Waals surface area contributed by atoms with Crippen molar-refractivity contribution in [2.45, 2.75) is 30.0 Å². The van der Waals surface area contributed by atoms with Crippen LogP contribution in [0.3, 0.4) is 0 Å². The van der Waals surface area contributed by atoms with Gasteiger partial charge in [-0.1, -0.05) is 0 Å². The van der Waals surface area contributed by atoms with E-state index in [4.69, 9.17) is 0 Å². The molecule has 0 unspecified atom stereocenters. The summed E-state index contributed by atoms with van der Waals surface area (Å²) >= 11 is -0.577. The van der Waals surface area contributed by atoms with E-state index in [0.717, 1.165) is 0 Å². The van der Waals surface area contributed by atoms with E-state index in [-0.39, 0.29) is 0 Å². The van der Waals surface area contributed by atoms with E-state index < -0.39 is 43.5 Å². The SMILES string of the molecule is [CH3][Bi]([CH3])[c]1ccccc1CSCc1cccc[c]1[Bi]([CH3])[CH3]. The second-order valence-corrected chi connectivity index (χ2v) is 24.2. The topological polar surface area (TPSA) is 0 Å². The second-order valence-electron chi connectivity index (χ2n) is 5.54. The van der Waals surface area contributed by atoms with Crippen molar-refractivity contribution in [3.63, 3.8) is 0 Å². The van der Waals surface area contributed by atoms with Crippen LogP contribution in [0.1, 0.15) is 11.1 Å². The fraction of sp³-hybridized carbons (Fsp3) is 0.333. The van der Waals surface area contributed by atoms with Crippen molar-refractivity contribution in [2.75, 3.05) is 0 Å². The zero-order chi connectivity index (χ0) is 15.2. The average Bonchev–Trinajstić information content (AvgIpc) is 2.48. The number of hydrogen-bond acceptors (Lipinski definition) is 1. The zero-order valence-corrected chi connectivity index (χ0v) is 21.1. The van der Waals surface area contributed by atoms with Crippen molar-refractivity contribution >= 4 is 61.8 Å². The molecule has 0 amide bonds. The van der Waals surface area contributed by atoms with E-state index in [9.17, 15) is 0 Å². The van der Waals surface area contributed by atoms with Crippen LogP contribution >= 0.6 is 11.8 Å². The van der Waals surface area contributed by atoms with Crippen LogP contribution in [0.2, 0.25) is 18.5 Å². The van der Waals surface area contributed by atoms with Gasteiger partial charge >= 0.3 is 151 Å². The zero-order valence-electron chi connectivity index (χ0n) is 13.3. The number of hydrogen-bond donors (Lipinski definition) is 0. The molecule has 0 aliphatic carbocycles. The van der Waals surface area contributed by atoms with Crippen LogP contribution in [0, 0.1) is 0 Å². The van der Waals surface area contributed by atoms with Crippen LogP contribution in [0.5, 0.6) is 0 Å². The Balaban J connectivity index is 2.03. The third kappa shape index (κ3) is 5.30. The van der Waals surface area contributed by atoms with Gasteiger partial charge < -0.3 is 0 Å². The molecular formula is C18H24Bi2S. The maximum absolute atomic E-state index is 2.49. The number of benzene rings is 2. The summed E-state index contributed by atoms with van der Waals surface area (Å²) in [7, 11) is 0. The molecule has 0 N–H and O–H groups in total. The third-order valence-electron chi connectivity index (χ3n) is 3.46. The Morgan fingerprint density at radius 3 is 1.43 bits per heavy atom. The Kier molecular flexibility index (Phi) is 7.67. The van der Waals surface area contributed by atoms with Gasteiger partial charge in [-0.2, -0.15) is 0 Å². The van der Waals surface area contributed by atoms with Crippen molar-refractivity contribution in [3.8, 4) is 0 Å². The van der Waals surface area contributed by atoms with Gasteiger partial charge in [-0.05, 0) is 0 Å². The molecule has 2 rings (SSSR count). The van der Waals surface area contributed by atoms with Gasteiger partial charge in [0.1, 0.15) is 0 Å². The average molecular weight is 690 g/mol. The molecule has 0 saturated carbocycles. The summed E-state index contributed by atoms with van der Waals surface area (Å²) < 4.78 is 13.4. The molecule has 0 saturated heterocycles. The van der Waals surface area contributed by atoms with Crippen molar-refractivity contribution < 1.29 is 0 Å². The summed E-state index contributed by atoms with van der Waals surface area (Å²) in [6, 6.07) is 18.2. The van der Waals surface area contributed by atoms with Gasteiger partial charge in [-0.15, -0.1) is 0 Å². The van der Waals surface area contributed by atoms with E-state index in [2.05, 4.69) is 78.8 Å². The van der Waals surface area contributed by atoms with Gasteiger partial charge in [-0.25, -0.2) is 0 Å². The molecule has 112 valence electrons. The van der Waals surface area contributed by atoms with Crippen LogP contribution < -0.4 is 6.54 Å². The first-order valence-electron chi connectivity index (χ1n) is 7.18. The molecule has 0 aromatic heterocycles. The standard InChI is InChI=1S/C14H12S.4CH3.2Bi/c1-3-7-13(8-4-1)11-15-12-14-9-5-2-6-10-14;;;;;;/h1-7,9H,11-12H2;4*1H3;;. The van der Waals surface area contributed by atoms with Gasteiger partial charge in [0.15, 0.2) is 0 Å². The summed E-state index contributed by atoms with van der Waals surface area (Å²) in [6.07, 6.45) is 0.